The summed E-state index contributed by atoms with van der Waals surface area (Å²) in [5.41, 5.74) is 1.88. The van der Waals surface area contributed by atoms with Crippen LogP contribution >= 0.6 is 11.6 Å². The lowest BCUT2D eigenvalue weighted by Gasteiger charge is -2.28. The minimum absolute atomic E-state index is 0.427. The molecular weight excluding hydrogens is 204 g/mol. The zero-order valence-corrected chi connectivity index (χ0v) is 9.71. The monoisotopic (exact) mass is 220 g/mol. The molecule has 0 bridgehead atoms. The summed E-state index contributed by atoms with van der Waals surface area (Å²) >= 11 is 6.20. The second-order valence-corrected chi connectivity index (χ2v) is 5.73. The molecule has 0 spiro atoms. The number of benzene rings is 1. The molecule has 0 nitrogen and oxygen atoms in total. The minimum Gasteiger partial charge on any atom is -0.126 e. The first kappa shape index (κ1) is 9.72. The summed E-state index contributed by atoms with van der Waals surface area (Å²) in [6.07, 6.45) is 5.41. The summed E-state index contributed by atoms with van der Waals surface area (Å²) in [7, 11) is 0. The molecule has 2 saturated carbocycles. The number of halogens is 1. The number of alkyl halides is 1. The third kappa shape index (κ3) is 1.80. The lowest BCUT2D eigenvalue weighted by molar-refractivity contribution is 0.303. The fraction of sp³-hybridized carbons (Fsp3) is 0.571. The minimum atomic E-state index is 0.427. The van der Waals surface area contributed by atoms with Crippen LogP contribution in [0, 0.1) is 17.3 Å². The Morgan fingerprint density at radius 3 is 2.40 bits per heavy atom. The van der Waals surface area contributed by atoms with Gasteiger partial charge in [-0.15, -0.1) is 11.6 Å². The van der Waals surface area contributed by atoms with Gasteiger partial charge in [-0.1, -0.05) is 30.3 Å². The molecule has 3 rings (SSSR count). The van der Waals surface area contributed by atoms with Crippen LogP contribution in [-0.2, 0) is 6.42 Å². The lowest BCUT2D eigenvalue weighted by atomic mass is 9.79. The van der Waals surface area contributed by atoms with E-state index in [-0.39, 0.29) is 0 Å². The van der Waals surface area contributed by atoms with Crippen molar-refractivity contribution in [2.24, 2.45) is 17.3 Å². The van der Waals surface area contributed by atoms with Gasteiger partial charge in [-0.05, 0) is 48.5 Å². The van der Waals surface area contributed by atoms with Gasteiger partial charge in [-0.3, -0.25) is 0 Å². The van der Waals surface area contributed by atoms with Crippen molar-refractivity contribution in [3.8, 4) is 0 Å². The van der Waals surface area contributed by atoms with Gasteiger partial charge in [-0.2, -0.15) is 0 Å². The van der Waals surface area contributed by atoms with Crippen LogP contribution in [0.3, 0.4) is 0 Å². The lowest BCUT2D eigenvalue weighted by Crippen LogP contribution is -2.23. The van der Waals surface area contributed by atoms with Gasteiger partial charge in [-0.25, -0.2) is 0 Å². The molecule has 2 atom stereocenters. The van der Waals surface area contributed by atoms with Gasteiger partial charge in [0.05, 0.1) is 0 Å². The highest BCUT2D eigenvalue weighted by atomic mass is 35.5. The van der Waals surface area contributed by atoms with Crippen LogP contribution in [0.15, 0.2) is 30.3 Å². The average molecular weight is 221 g/mol. The maximum Gasteiger partial charge on any atom is 0.0283 e. The van der Waals surface area contributed by atoms with Crippen molar-refractivity contribution in [1.29, 1.82) is 0 Å². The second-order valence-electron chi connectivity index (χ2n) is 5.46. The number of fused-ring (bicyclic) bond motifs is 1. The molecule has 15 heavy (non-hydrogen) atoms. The molecule has 2 aliphatic carbocycles. The van der Waals surface area contributed by atoms with E-state index in [1.165, 1.54) is 31.2 Å². The van der Waals surface area contributed by atoms with Crippen LogP contribution in [0.4, 0.5) is 0 Å². The van der Waals surface area contributed by atoms with Crippen molar-refractivity contribution >= 4 is 11.6 Å². The van der Waals surface area contributed by atoms with Crippen LogP contribution in [0.25, 0.3) is 0 Å². The maximum atomic E-state index is 6.20. The molecule has 0 N–H and O–H groups in total. The second kappa shape index (κ2) is 3.52. The van der Waals surface area contributed by atoms with Crippen molar-refractivity contribution in [2.75, 3.05) is 5.88 Å². The topological polar surface area (TPSA) is 0 Å². The Morgan fingerprint density at radius 1 is 1.13 bits per heavy atom. The zero-order valence-electron chi connectivity index (χ0n) is 8.95. The Labute approximate surface area is 96.6 Å². The molecule has 2 unspecified atom stereocenters. The predicted octanol–water partition coefficient (Wildman–Crippen LogP) is 3.88. The molecule has 2 aliphatic rings. The highest BCUT2D eigenvalue weighted by Crippen LogP contribution is 2.61. The van der Waals surface area contributed by atoms with Crippen LogP contribution in [0.2, 0.25) is 0 Å². The van der Waals surface area contributed by atoms with Gasteiger partial charge >= 0.3 is 0 Å². The van der Waals surface area contributed by atoms with E-state index >= 15 is 0 Å². The molecule has 0 aromatic heterocycles. The Balaban J connectivity index is 1.75. The first-order valence-corrected chi connectivity index (χ1v) is 6.45. The molecule has 80 valence electrons. The van der Waals surface area contributed by atoms with Crippen LogP contribution in [0.1, 0.15) is 24.8 Å². The Bertz CT molecular complexity index is 334. The summed E-state index contributed by atoms with van der Waals surface area (Å²) in [5, 5.41) is 0. The highest BCUT2D eigenvalue weighted by Gasteiger charge is 2.53. The molecule has 0 radical (unpaired) electrons. The number of hydrogen-bond donors (Lipinski definition) is 0. The molecular formula is C14H17Cl. The van der Waals surface area contributed by atoms with Crippen molar-refractivity contribution < 1.29 is 0 Å². The van der Waals surface area contributed by atoms with Gasteiger partial charge in [0, 0.05) is 5.88 Å². The third-order valence-electron chi connectivity index (χ3n) is 4.16. The SMILES string of the molecule is ClCC1(Cc2ccccc2)CC2CC2C1. The Morgan fingerprint density at radius 2 is 1.80 bits per heavy atom. The zero-order chi connectivity index (χ0) is 10.3. The van der Waals surface area contributed by atoms with E-state index in [2.05, 4.69) is 30.3 Å². The van der Waals surface area contributed by atoms with Crippen LogP contribution in [-0.4, -0.2) is 5.88 Å². The van der Waals surface area contributed by atoms with Crippen molar-refractivity contribution in [3.63, 3.8) is 0 Å². The molecule has 1 aromatic carbocycles. The van der Waals surface area contributed by atoms with Gasteiger partial charge in [0.1, 0.15) is 0 Å². The van der Waals surface area contributed by atoms with Crippen molar-refractivity contribution in [2.45, 2.75) is 25.7 Å². The fourth-order valence-electron chi connectivity index (χ4n) is 3.34. The summed E-state index contributed by atoms with van der Waals surface area (Å²) in [4.78, 5) is 0. The standard InChI is InChI=1S/C14H17Cl/c15-10-14(8-12-6-13(12)9-14)7-11-4-2-1-3-5-11/h1-5,12-13H,6-10H2. The maximum absolute atomic E-state index is 6.20. The summed E-state index contributed by atoms with van der Waals surface area (Å²) in [5.74, 6) is 2.88. The van der Waals surface area contributed by atoms with E-state index in [1.807, 2.05) is 0 Å². The summed E-state index contributed by atoms with van der Waals surface area (Å²) in [6, 6.07) is 10.8. The van der Waals surface area contributed by atoms with Crippen LogP contribution in [0.5, 0.6) is 0 Å². The molecule has 0 saturated heterocycles. The average Bonchev–Trinajstić information content (AvgIpc) is 2.89. The number of rotatable bonds is 3. The van der Waals surface area contributed by atoms with E-state index in [9.17, 15) is 0 Å². The van der Waals surface area contributed by atoms with E-state index in [0.29, 0.717) is 5.41 Å². The summed E-state index contributed by atoms with van der Waals surface area (Å²) in [6.45, 7) is 0. The smallest absolute Gasteiger partial charge is 0.0283 e. The summed E-state index contributed by atoms with van der Waals surface area (Å²) < 4.78 is 0. The van der Waals surface area contributed by atoms with E-state index in [1.54, 1.807) is 0 Å². The quantitative estimate of drug-likeness (QED) is 0.679. The molecule has 0 heterocycles. The van der Waals surface area contributed by atoms with Crippen LogP contribution < -0.4 is 0 Å². The fourth-order valence-corrected chi connectivity index (χ4v) is 3.65. The van der Waals surface area contributed by atoms with Gasteiger partial charge in [0.15, 0.2) is 0 Å². The molecule has 2 fully saturated rings. The van der Waals surface area contributed by atoms with Crippen molar-refractivity contribution in [3.05, 3.63) is 35.9 Å². The van der Waals surface area contributed by atoms with Gasteiger partial charge in [0.2, 0.25) is 0 Å². The molecule has 0 aliphatic heterocycles. The van der Waals surface area contributed by atoms with Gasteiger partial charge < -0.3 is 0 Å². The van der Waals surface area contributed by atoms with E-state index < -0.39 is 0 Å². The first-order valence-electron chi connectivity index (χ1n) is 5.91. The normalized spacial score (nSPS) is 37.7. The van der Waals surface area contributed by atoms with E-state index in [4.69, 9.17) is 11.6 Å². The number of hydrogen-bond acceptors (Lipinski definition) is 0. The largest absolute Gasteiger partial charge is 0.126 e. The Kier molecular flexibility index (Phi) is 2.28. The predicted molar refractivity (Wildman–Crippen MR) is 64.1 cm³/mol. The Hall–Kier alpha value is -0.490. The third-order valence-corrected chi connectivity index (χ3v) is 4.73. The van der Waals surface area contributed by atoms with E-state index in [0.717, 1.165) is 17.7 Å². The molecule has 1 aromatic rings. The molecule has 0 amide bonds. The van der Waals surface area contributed by atoms with Gasteiger partial charge in [0.25, 0.3) is 0 Å². The highest BCUT2D eigenvalue weighted by molar-refractivity contribution is 6.18. The first-order chi connectivity index (χ1) is 7.31. The molecule has 1 heteroatoms. The van der Waals surface area contributed by atoms with Crippen molar-refractivity contribution in [1.82, 2.24) is 0 Å².